The lowest BCUT2D eigenvalue weighted by atomic mass is 10.1. The van der Waals surface area contributed by atoms with Crippen molar-refractivity contribution in [2.75, 3.05) is 17.2 Å². The summed E-state index contributed by atoms with van der Waals surface area (Å²) in [5.41, 5.74) is 2.39. The van der Waals surface area contributed by atoms with Crippen LogP contribution >= 0.6 is 12.6 Å². The standard InChI is InChI=1S/C16H16N4OS/c1-11-2-4-14(5-3-11)20-16(13(7-17)8-18-20)19-9-12(10-22)6-15(19)21/h2-5,8,12,22H,6,9-10H2,1H3. The van der Waals surface area contributed by atoms with Gasteiger partial charge >= 0.3 is 0 Å². The Hall–Kier alpha value is -2.26. The number of amides is 1. The van der Waals surface area contributed by atoms with E-state index in [1.807, 2.05) is 31.2 Å². The van der Waals surface area contributed by atoms with Crippen molar-refractivity contribution in [3.8, 4) is 11.8 Å². The smallest absolute Gasteiger partial charge is 0.228 e. The monoisotopic (exact) mass is 312 g/mol. The first kappa shape index (κ1) is 14.7. The summed E-state index contributed by atoms with van der Waals surface area (Å²) < 4.78 is 1.66. The number of carbonyl (C=O) groups excluding carboxylic acids is 1. The van der Waals surface area contributed by atoms with Gasteiger partial charge in [-0.25, -0.2) is 4.68 Å². The minimum absolute atomic E-state index is 0.0180. The molecule has 112 valence electrons. The molecule has 2 aromatic rings. The molecule has 0 N–H and O–H groups in total. The number of rotatable bonds is 3. The molecule has 1 saturated heterocycles. The van der Waals surface area contributed by atoms with E-state index in [0.29, 0.717) is 30.1 Å². The maximum absolute atomic E-state index is 12.3. The number of aryl methyl sites for hydroxylation is 1. The summed E-state index contributed by atoms with van der Waals surface area (Å²) in [7, 11) is 0. The SMILES string of the molecule is Cc1ccc(-n2ncc(C#N)c2N2CC(CS)CC2=O)cc1. The molecule has 5 nitrogen and oxygen atoms in total. The van der Waals surface area contributed by atoms with Gasteiger partial charge < -0.3 is 0 Å². The van der Waals surface area contributed by atoms with Crippen LogP contribution in [-0.4, -0.2) is 28.0 Å². The highest BCUT2D eigenvalue weighted by molar-refractivity contribution is 7.80. The van der Waals surface area contributed by atoms with Gasteiger partial charge in [0.15, 0.2) is 5.82 Å². The van der Waals surface area contributed by atoms with Gasteiger partial charge in [-0.1, -0.05) is 17.7 Å². The molecule has 1 amide bonds. The highest BCUT2D eigenvalue weighted by atomic mass is 32.1. The second kappa shape index (κ2) is 5.85. The van der Waals surface area contributed by atoms with E-state index >= 15 is 0 Å². The van der Waals surface area contributed by atoms with E-state index in [2.05, 4.69) is 23.8 Å². The summed E-state index contributed by atoms with van der Waals surface area (Å²) in [6.07, 6.45) is 1.98. The third kappa shape index (κ3) is 2.48. The summed E-state index contributed by atoms with van der Waals surface area (Å²) in [6, 6.07) is 9.96. The minimum Gasteiger partial charge on any atom is -0.295 e. The molecule has 0 saturated carbocycles. The van der Waals surface area contributed by atoms with Crippen LogP contribution in [0.3, 0.4) is 0 Å². The Morgan fingerprint density at radius 1 is 1.41 bits per heavy atom. The Bertz CT molecular complexity index is 744. The molecule has 0 spiro atoms. The van der Waals surface area contributed by atoms with E-state index in [0.717, 1.165) is 11.3 Å². The molecule has 0 radical (unpaired) electrons. The fourth-order valence-electron chi connectivity index (χ4n) is 2.66. The first-order chi connectivity index (χ1) is 10.6. The molecule has 1 fully saturated rings. The molecule has 0 aliphatic carbocycles. The first-order valence-electron chi connectivity index (χ1n) is 7.10. The maximum atomic E-state index is 12.3. The summed E-state index contributed by atoms with van der Waals surface area (Å²) in [4.78, 5) is 13.9. The fraction of sp³-hybridized carbons (Fsp3) is 0.312. The minimum atomic E-state index is 0.0180. The number of nitriles is 1. The van der Waals surface area contributed by atoms with Gasteiger partial charge in [0.05, 0.1) is 11.9 Å². The average Bonchev–Trinajstić information content (AvgIpc) is 3.10. The fourth-order valence-corrected chi connectivity index (χ4v) is 2.91. The molecular weight excluding hydrogens is 296 g/mol. The molecule has 3 rings (SSSR count). The van der Waals surface area contributed by atoms with Gasteiger partial charge in [-0.15, -0.1) is 0 Å². The second-order valence-electron chi connectivity index (χ2n) is 5.50. The van der Waals surface area contributed by atoms with Crippen LogP contribution in [0.15, 0.2) is 30.5 Å². The summed E-state index contributed by atoms with van der Waals surface area (Å²) in [5.74, 6) is 1.44. The number of hydrogen-bond acceptors (Lipinski definition) is 4. The zero-order chi connectivity index (χ0) is 15.7. The zero-order valence-electron chi connectivity index (χ0n) is 12.2. The Labute approximate surface area is 134 Å². The van der Waals surface area contributed by atoms with Crippen LogP contribution in [0.4, 0.5) is 5.82 Å². The third-order valence-corrected chi connectivity index (χ3v) is 4.38. The van der Waals surface area contributed by atoms with Crippen molar-refractivity contribution in [1.82, 2.24) is 9.78 Å². The number of hydrogen-bond donors (Lipinski definition) is 1. The van der Waals surface area contributed by atoms with Crippen molar-refractivity contribution in [3.05, 3.63) is 41.6 Å². The molecule has 1 aromatic carbocycles. The quantitative estimate of drug-likeness (QED) is 0.885. The van der Waals surface area contributed by atoms with E-state index in [1.54, 1.807) is 9.58 Å². The lowest BCUT2D eigenvalue weighted by molar-refractivity contribution is -0.117. The van der Waals surface area contributed by atoms with Crippen LogP contribution in [-0.2, 0) is 4.79 Å². The van der Waals surface area contributed by atoms with Crippen LogP contribution in [0.5, 0.6) is 0 Å². The lowest BCUT2D eigenvalue weighted by Gasteiger charge is -2.18. The van der Waals surface area contributed by atoms with Crippen LogP contribution < -0.4 is 4.90 Å². The summed E-state index contributed by atoms with van der Waals surface area (Å²) in [6.45, 7) is 2.59. The molecule has 1 aliphatic heterocycles. The number of aromatic nitrogens is 2. The molecule has 6 heteroatoms. The van der Waals surface area contributed by atoms with Crippen molar-refractivity contribution in [1.29, 1.82) is 5.26 Å². The number of anilines is 1. The van der Waals surface area contributed by atoms with Gasteiger partial charge in [0.2, 0.25) is 5.91 Å². The molecule has 22 heavy (non-hydrogen) atoms. The Kier molecular flexibility index (Phi) is 3.90. The van der Waals surface area contributed by atoms with Gasteiger partial charge in [0, 0.05) is 13.0 Å². The van der Waals surface area contributed by atoms with Crippen molar-refractivity contribution >= 4 is 24.4 Å². The van der Waals surface area contributed by atoms with Crippen LogP contribution in [0.1, 0.15) is 17.5 Å². The van der Waals surface area contributed by atoms with E-state index < -0.39 is 0 Å². The van der Waals surface area contributed by atoms with Gasteiger partial charge in [-0.2, -0.15) is 23.0 Å². The van der Waals surface area contributed by atoms with Crippen LogP contribution in [0.2, 0.25) is 0 Å². The van der Waals surface area contributed by atoms with Crippen LogP contribution in [0, 0.1) is 24.2 Å². The largest absolute Gasteiger partial charge is 0.295 e. The molecular formula is C16H16N4OS. The topological polar surface area (TPSA) is 61.9 Å². The second-order valence-corrected chi connectivity index (χ2v) is 5.86. The maximum Gasteiger partial charge on any atom is 0.228 e. The number of nitrogens with zero attached hydrogens (tertiary/aromatic N) is 4. The highest BCUT2D eigenvalue weighted by Gasteiger charge is 2.33. The number of carbonyl (C=O) groups is 1. The Morgan fingerprint density at radius 3 is 2.73 bits per heavy atom. The van der Waals surface area contributed by atoms with Crippen LogP contribution in [0.25, 0.3) is 5.69 Å². The third-order valence-electron chi connectivity index (χ3n) is 3.86. The van der Waals surface area contributed by atoms with E-state index in [9.17, 15) is 10.1 Å². The molecule has 0 bridgehead atoms. The highest BCUT2D eigenvalue weighted by Crippen LogP contribution is 2.30. The van der Waals surface area contributed by atoms with Crippen molar-refractivity contribution in [2.24, 2.45) is 5.92 Å². The summed E-state index contributed by atoms with van der Waals surface area (Å²) >= 11 is 4.28. The summed E-state index contributed by atoms with van der Waals surface area (Å²) in [5, 5.41) is 13.6. The molecule has 1 atom stereocenters. The molecule has 2 heterocycles. The van der Waals surface area contributed by atoms with Gasteiger partial charge in [0.25, 0.3) is 0 Å². The normalized spacial score (nSPS) is 17.8. The van der Waals surface area contributed by atoms with Crippen molar-refractivity contribution in [3.63, 3.8) is 0 Å². The molecule has 1 unspecified atom stereocenters. The average molecular weight is 312 g/mol. The van der Waals surface area contributed by atoms with Gasteiger partial charge in [0.1, 0.15) is 11.6 Å². The predicted octanol–water partition coefficient (Wildman–Crippen LogP) is 2.34. The molecule has 1 aromatic heterocycles. The van der Waals surface area contributed by atoms with Gasteiger partial charge in [-0.3, -0.25) is 9.69 Å². The van der Waals surface area contributed by atoms with E-state index in [-0.39, 0.29) is 11.8 Å². The Balaban J connectivity index is 2.07. The van der Waals surface area contributed by atoms with Crippen molar-refractivity contribution < 1.29 is 4.79 Å². The lowest BCUT2D eigenvalue weighted by Crippen LogP contribution is -2.28. The zero-order valence-corrected chi connectivity index (χ0v) is 13.1. The first-order valence-corrected chi connectivity index (χ1v) is 7.73. The van der Waals surface area contributed by atoms with E-state index in [4.69, 9.17) is 0 Å². The van der Waals surface area contributed by atoms with Crippen molar-refractivity contribution in [2.45, 2.75) is 13.3 Å². The molecule has 1 aliphatic rings. The predicted molar refractivity (Wildman–Crippen MR) is 87.3 cm³/mol. The van der Waals surface area contributed by atoms with E-state index in [1.165, 1.54) is 6.20 Å². The number of thiol groups is 1. The Morgan fingerprint density at radius 2 is 2.14 bits per heavy atom. The number of benzene rings is 1. The van der Waals surface area contributed by atoms with Gasteiger partial charge in [-0.05, 0) is 30.7 Å².